The van der Waals surface area contributed by atoms with E-state index in [9.17, 15) is 9.18 Å². The van der Waals surface area contributed by atoms with Crippen molar-refractivity contribution in [3.8, 4) is 0 Å². The fourth-order valence-electron chi connectivity index (χ4n) is 2.66. The lowest BCUT2D eigenvalue weighted by Crippen LogP contribution is -2.42. The third kappa shape index (κ3) is 2.37. The summed E-state index contributed by atoms with van der Waals surface area (Å²) in [5, 5.41) is 0. The van der Waals surface area contributed by atoms with Gasteiger partial charge < -0.3 is 9.80 Å². The highest BCUT2D eigenvalue weighted by Gasteiger charge is 2.27. The zero-order valence-electron chi connectivity index (χ0n) is 12.1. The van der Waals surface area contributed by atoms with Crippen LogP contribution in [0.2, 0.25) is 0 Å². The maximum Gasteiger partial charge on any atom is 0.261 e. The van der Waals surface area contributed by atoms with Crippen molar-refractivity contribution in [3.63, 3.8) is 0 Å². The average molecular weight is 284 g/mol. The number of carbonyl (C=O) groups is 1. The van der Waals surface area contributed by atoms with Crippen molar-refractivity contribution in [2.45, 2.75) is 6.92 Å². The maximum absolute atomic E-state index is 14.1. The number of amides is 1. The van der Waals surface area contributed by atoms with Crippen molar-refractivity contribution in [1.29, 1.82) is 0 Å². The molecule has 3 nitrogen and oxygen atoms in total. The fraction of sp³-hybridized carbons (Fsp3) is 0.235. The second-order valence-electron chi connectivity index (χ2n) is 5.35. The molecule has 0 atom stereocenters. The molecule has 0 N–H and O–H groups in total. The van der Waals surface area contributed by atoms with Crippen LogP contribution in [-0.2, 0) is 0 Å². The summed E-state index contributed by atoms with van der Waals surface area (Å²) in [5.74, 6) is -0.746. The number of hydrogen-bond donors (Lipinski definition) is 0. The number of fused-ring (bicyclic) bond motifs is 1. The molecule has 0 fully saturated rings. The number of rotatable bonds is 1. The van der Waals surface area contributed by atoms with Gasteiger partial charge in [0.05, 0.1) is 16.9 Å². The van der Waals surface area contributed by atoms with Gasteiger partial charge in [-0.1, -0.05) is 18.2 Å². The standard InChI is InChI=1S/C17H17FN2O/c1-12-7-8-13(14(18)11-12)17(21)20-10-9-19(2)15-5-3-4-6-16(15)20/h3-8,11H,9-10H2,1-2H3. The largest absolute Gasteiger partial charge is 0.371 e. The average Bonchev–Trinajstić information content (AvgIpc) is 2.47. The second kappa shape index (κ2) is 5.20. The van der Waals surface area contributed by atoms with Crippen molar-refractivity contribution in [2.75, 3.05) is 29.9 Å². The first-order valence-electron chi connectivity index (χ1n) is 6.96. The Morgan fingerprint density at radius 3 is 2.52 bits per heavy atom. The van der Waals surface area contributed by atoms with Crippen LogP contribution in [0.15, 0.2) is 42.5 Å². The van der Waals surface area contributed by atoms with Crippen molar-refractivity contribution >= 4 is 17.3 Å². The van der Waals surface area contributed by atoms with E-state index in [-0.39, 0.29) is 11.5 Å². The Kier molecular flexibility index (Phi) is 3.37. The number of carbonyl (C=O) groups excluding carboxylic acids is 1. The van der Waals surface area contributed by atoms with Gasteiger partial charge in [-0.3, -0.25) is 4.79 Å². The van der Waals surface area contributed by atoms with Crippen molar-refractivity contribution in [2.24, 2.45) is 0 Å². The zero-order chi connectivity index (χ0) is 15.0. The molecule has 1 heterocycles. The van der Waals surface area contributed by atoms with Crippen LogP contribution < -0.4 is 9.80 Å². The molecule has 1 aliphatic heterocycles. The Balaban J connectivity index is 2.01. The number of likely N-dealkylation sites (N-methyl/N-ethyl adjacent to an activating group) is 1. The number of halogens is 1. The van der Waals surface area contributed by atoms with Gasteiger partial charge in [-0.15, -0.1) is 0 Å². The SMILES string of the molecule is Cc1ccc(C(=O)N2CCN(C)c3ccccc32)c(F)c1. The minimum Gasteiger partial charge on any atom is -0.371 e. The molecule has 0 unspecified atom stereocenters. The molecule has 3 rings (SSSR count). The number of hydrogen-bond acceptors (Lipinski definition) is 2. The van der Waals surface area contributed by atoms with Gasteiger partial charge in [0.2, 0.25) is 0 Å². The van der Waals surface area contributed by atoms with Gasteiger partial charge in [-0.2, -0.15) is 0 Å². The third-order valence-electron chi connectivity index (χ3n) is 3.84. The molecule has 2 aromatic rings. The van der Waals surface area contributed by atoms with Gasteiger partial charge in [0, 0.05) is 20.1 Å². The van der Waals surface area contributed by atoms with E-state index >= 15 is 0 Å². The van der Waals surface area contributed by atoms with Crippen molar-refractivity contribution in [3.05, 3.63) is 59.4 Å². The van der Waals surface area contributed by atoms with Gasteiger partial charge >= 0.3 is 0 Å². The normalized spacial score (nSPS) is 14.0. The topological polar surface area (TPSA) is 23.6 Å². The molecule has 0 radical (unpaired) electrons. The van der Waals surface area contributed by atoms with Crippen LogP contribution in [0.1, 0.15) is 15.9 Å². The number of benzene rings is 2. The highest BCUT2D eigenvalue weighted by molar-refractivity contribution is 6.08. The molecular weight excluding hydrogens is 267 g/mol. The first-order chi connectivity index (χ1) is 10.1. The minimum absolute atomic E-state index is 0.125. The molecule has 1 amide bonds. The monoisotopic (exact) mass is 284 g/mol. The van der Waals surface area contributed by atoms with E-state index in [2.05, 4.69) is 4.90 Å². The number of para-hydroxylation sites is 2. The summed E-state index contributed by atoms with van der Waals surface area (Å²) >= 11 is 0. The van der Waals surface area contributed by atoms with Crippen LogP contribution in [0, 0.1) is 12.7 Å². The van der Waals surface area contributed by atoms with E-state index in [0.717, 1.165) is 23.5 Å². The molecule has 0 aromatic heterocycles. The van der Waals surface area contributed by atoms with Crippen LogP contribution in [0.3, 0.4) is 0 Å². The van der Waals surface area contributed by atoms with Crippen molar-refractivity contribution < 1.29 is 9.18 Å². The van der Waals surface area contributed by atoms with E-state index < -0.39 is 5.82 Å². The van der Waals surface area contributed by atoms with Crippen molar-refractivity contribution in [1.82, 2.24) is 0 Å². The Bertz CT molecular complexity index is 699. The summed E-state index contributed by atoms with van der Waals surface area (Å²) in [6.45, 7) is 3.10. The summed E-state index contributed by atoms with van der Waals surface area (Å²) in [7, 11) is 1.99. The molecule has 0 aliphatic carbocycles. The fourth-order valence-corrected chi connectivity index (χ4v) is 2.66. The molecule has 0 bridgehead atoms. The molecule has 0 saturated heterocycles. The maximum atomic E-state index is 14.1. The molecule has 0 spiro atoms. The van der Waals surface area contributed by atoms with E-state index in [1.165, 1.54) is 6.07 Å². The van der Waals surface area contributed by atoms with Gasteiger partial charge in [0.15, 0.2) is 0 Å². The van der Waals surface area contributed by atoms with Crippen LogP contribution in [0.4, 0.5) is 15.8 Å². The minimum atomic E-state index is -0.462. The Labute approximate surface area is 123 Å². The van der Waals surface area contributed by atoms with Gasteiger partial charge in [0.25, 0.3) is 5.91 Å². The lowest BCUT2D eigenvalue weighted by molar-refractivity contribution is 0.0983. The second-order valence-corrected chi connectivity index (χ2v) is 5.35. The van der Waals surface area contributed by atoms with Gasteiger partial charge in [0.1, 0.15) is 5.82 Å². The quantitative estimate of drug-likeness (QED) is 0.802. The number of aryl methyl sites for hydroxylation is 1. The molecule has 108 valence electrons. The molecule has 4 heteroatoms. The molecule has 0 saturated carbocycles. The summed E-state index contributed by atoms with van der Waals surface area (Å²) in [4.78, 5) is 16.4. The summed E-state index contributed by atoms with van der Waals surface area (Å²) in [6, 6.07) is 12.4. The smallest absolute Gasteiger partial charge is 0.261 e. The van der Waals surface area contributed by atoms with Crippen LogP contribution in [0.25, 0.3) is 0 Å². The third-order valence-corrected chi connectivity index (χ3v) is 3.84. The summed E-state index contributed by atoms with van der Waals surface area (Å²) in [6.07, 6.45) is 0. The van der Waals surface area contributed by atoms with Crippen LogP contribution in [-0.4, -0.2) is 26.0 Å². The van der Waals surface area contributed by atoms with Gasteiger partial charge in [-0.05, 0) is 36.8 Å². The molecule has 2 aromatic carbocycles. The summed E-state index contributed by atoms with van der Waals surface area (Å²) < 4.78 is 14.1. The lowest BCUT2D eigenvalue weighted by atomic mass is 10.1. The number of nitrogens with zero attached hydrogens (tertiary/aromatic N) is 2. The highest BCUT2D eigenvalue weighted by atomic mass is 19.1. The molecule has 21 heavy (non-hydrogen) atoms. The molecule has 1 aliphatic rings. The van der Waals surface area contributed by atoms with Gasteiger partial charge in [-0.25, -0.2) is 4.39 Å². The molecular formula is C17H17FN2O. The van der Waals surface area contributed by atoms with Crippen LogP contribution in [0.5, 0.6) is 0 Å². The van der Waals surface area contributed by atoms with E-state index in [1.54, 1.807) is 17.0 Å². The Morgan fingerprint density at radius 1 is 1.10 bits per heavy atom. The predicted molar refractivity (Wildman–Crippen MR) is 82.5 cm³/mol. The number of anilines is 2. The Morgan fingerprint density at radius 2 is 1.81 bits per heavy atom. The van der Waals surface area contributed by atoms with Crippen LogP contribution >= 0.6 is 0 Å². The summed E-state index contributed by atoms with van der Waals surface area (Å²) in [5.41, 5.74) is 2.75. The zero-order valence-corrected chi connectivity index (χ0v) is 12.1. The Hall–Kier alpha value is -2.36. The first-order valence-corrected chi connectivity index (χ1v) is 6.96. The van der Waals surface area contributed by atoms with E-state index in [1.807, 2.05) is 38.2 Å². The van der Waals surface area contributed by atoms with E-state index in [4.69, 9.17) is 0 Å². The lowest BCUT2D eigenvalue weighted by Gasteiger charge is -2.35. The van der Waals surface area contributed by atoms with E-state index in [0.29, 0.717) is 6.54 Å². The first kappa shape index (κ1) is 13.6. The highest BCUT2D eigenvalue weighted by Crippen LogP contribution is 2.32. The predicted octanol–water partition coefficient (Wildman–Crippen LogP) is 3.23.